The van der Waals surface area contributed by atoms with E-state index in [-0.39, 0.29) is 0 Å². The van der Waals surface area contributed by atoms with Crippen molar-refractivity contribution in [1.29, 1.82) is 0 Å². The van der Waals surface area contributed by atoms with Crippen molar-refractivity contribution in [3.05, 3.63) is 60.2 Å². The van der Waals surface area contributed by atoms with Gasteiger partial charge in [-0.15, -0.1) is 10.2 Å². The van der Waals surface area contributed by atoms with Gasteiger partial charge in [0.25, 0.3) is 5.89 Å². The Bertz CT molecular complexity index is 1150. The zero-order chi connectivity index (χ0) is 20.3. The fourth-order valence-electron chi connectivity index (χ4n) is 3.76. The summed E-state index contributed by atoms with van der Waals surface area (Å²) in [7, 11) is 1.63. The molecular formula is C22H23N5O3. The molecule has 0 amide bonds. The van der Waals surface area contributed by atoms with Gasteiger partial charge < -0.3 is 18.5 Å². The van der Waals surface area contributed by atoms with Crippen LogP contribution in [0.15, 0.2) is 52.9 Å². The van der Waals surface area contributed by atoms with Gasteiger partial charge in [0.05, 0.1) is 43.5 Å². The molecule has 0 unspecified atom stereocenters. The SMILES string of the molecule is COc1ccccc1-c1nnc(Cn2c(CN3CCOCC3)nc3ccccc32)o1. The third-order valence-corrected chi connectivity index (χ3v) is 5.30. The average molecular weight is 405 g/mol. The zero-order valence-corrected chi connectivity index (χ0v) is 16.8. The van der Waals surface area contributed by atoms with Crippen LogP contribution in [0, 0.1) is 0 Å². The fraction of sp³-hybridized carbons (Fsp3) is 0.318. The van der Waals surface area contributed by atoms with Crippen LogP contribution in [0.4, 0.5) is 0 Å². The van der Waals surface area contributed by atoms with Crippen LogP contribution in [-0.2, 0) is 17.8 Å². The molecule has 3 heterocycles. The summed E-state index contributed by atoms with van der Waals surface area (Å²) in [6.45, 7) is 4.54. The molecule has 30 heavy (non-hydrogen) atoms. The van der Waals surface area contributed by atoms with Crippen molar-refractivity contribution in [3.8, 4) is 17.2 Å². The van der Waals surface area contributed by atoms with Crippen molar-refractivity contribution >= 4 is 11.0 Å². The lowest BCUT2D eigenvalue weighted by molar-refractivity contribution is 0.0327. The lowest BCUT2D eigenvalue weighted by Crippen LogP contribution is -2.36. The van der Waals surface area contributed by atoms with Crippen molar-refractivity contribution in [3.63, 3.8) is 0 Å². The van der Waals surface area contributed by atoms with E-state index in [2.05, 4.69) is 25.7 Å². The van der Waals surface area contributed by atoms with Crippen molar-refractivity contribution in [2.24, 2.45) is 0 Å². The van der Waals surface area contributed by atoms with Gasteiger partial charge in [-0.2, -0.15) is 0 Å². The van der Waals surface area contributed by atoms with Gasteiger partial charge in [-0.1, -0.05) is 24.3 Å². The van der Waals surface area contributed by atoms with Gasteiger partial charge in [0, 0.05) is 13.1 Å². The third-order valence-electron chi connectivity index (χ3n) is 5.30. The summed E-state index contributed by atoms with van der Waals surface area (Å²) < 4.78 is 19.0. The van der Waals surface area contributed by atoms with Crippen molar-refractivity contribution in [1.82, 2.24) is 24.6 Å². The molecule has 1 saturated heterocycles. The molecule has 154 valence electrons. The molecule has 0 saturated carbocycles. The van der Waals surface area contributed by atoms with E-state index < -0.39 is 0 Å². The molecule has 5 rings (SSSR count). The van der Waals surface area contributed by atoms with E-state index in [1.54, 1.807) is 7.11 Å². The Kier molecular flexibility index (Phi) is 5.17. The van der Waals surface area contributed by atoms with Crippen LogP contribution < -0.4 is 4.74 Å². The predicted octanol–water partition coefficient (Wildman–Crippen LogP) is 2.98. The first-order valence-electron chi connectivity index (χ1n) is 10.0. The van der Waals surface area contributed by atoms with Crippen LogP contribution in [0.5, 0.6) is 5.75 Å². The molecule has 0 bridgehead atoms. The molecule has 1 aliphatic rings. The van der Waals surface area contributed by atoms with E-state index in [4.69, 9.17) is 18.9 Å². The van der Waals surface area contributed by atoms with Crippen LogP contribution in [0.1, 0.15) is 11.7 Å². The van der Waals surface area contributed by atoms with Gasteiger partial charge in [0.2, 0.25) is 5.89 Å². The Morgan fingerprint density at radius 1 is 0.967 bits per heavy atom. The molecule has 4 aromatic rings. The minimum absolute atomic E-state index is 0.446. The average Bonchev–Trinajstić information content (AvgIpc) is 3.40. The highest BCUT2D eigenvalue weighted by Crippen LogP contribution is 2.29. The number of aromatic nitrogens is 4. The van der Waals surface area contributed by atoms with Gasteiger partial charge in [0.15, 0.2) is 0 Å². The van der Waals surface area contributed by atoms with E-state index in [1.807, 2.05) is 42.5 Å². The molecule has 1 aliphatic heterocycles. The summed E-state index contributed by atoms with van der Waals surface area (Å²) in [5.41, 5.74) is 2.80. The van der Waals surface area contributed by atoms with E-state index in [9.17, 15) is 0 Å². The van der Waals surface area contributed by atoms with E-state index >= 15 is 0 Å². The number of rotatable bonds is 6. The number of benzene rings is 2. The number of fused-ring (bicyclic) bond motifs is 1. The second-order valence-electron chi connectivity index (χ2n) is 7.19. The summed E-state index contributed by atoms with van der Waals surface area (Å²) in [4.78, 5) is 7.22. The van der Waals surface area contributed by atoms with Crippen LogP contribution >= 0.6 is 0 Å². The third kappa shape index (κ3) is 3.67. The first-order chi connectivity index (χ1) is 14.8. The first-order valence-corrected chi connectivity index (χ1v) is 10.0. The van der Waals surface area contributed by atoms with Crippen LogP contribution in [0.25, 0.3) is 22.5 Å². The molecule has 0 aliphatic carbocycles. The number of hydrogen-bond donors (Lipinski definition) is 0. The lowest BCUT2D eigenvalue weighted by Gasteiger charge is -2.26. The summed E-state index contributed by atoms with van der Waals surface area (Å²) in [5.74, 6) is 2.66. The molecule has 8 heteroatoms. The van der Waals surface area contributed by atoms with Crippen molar-refractivity contribution < 1.29 is 13.9 Å². The second kappa shape index (κ2) is 8.25. The highest BCUT2D eigenvalue weighted by atomic mass is 16.5. The minimum Gasteiger partial charge on any atom is -0.496 e. The predicted molar refractivity (Wildman–Crippen MR) is 111 cm³/mol. The van der Waals surface area contributed by atoms with E-state index in [1.165, 1.54) is 0 Å². The quantitative estimate of drug-likeness (QED) is 0.488. The number of morpholine rings is 1. The number of ether oxygens (including phenoxy) is 2. The molecule has 8 nitrogen and oxygen atoms in total. The van der Waals surface area contributed by atoms with Crippen LogP contribution in [0.2, 0.25) is 0 Å². The normalized spacial score (nSPS) is 15.0. The number of nitrogens with zero attached hydrogens (tertiary/aromatic N) is 5. The lowest BCUT2D eigenvalue weighted by atomic mass is 10.2. The topological polar surface area (TPSA) is 78.4 Å². The number of imidazole rings is 1. The maximum Gasteiger partial charge on any atom is 0.251 e. The molecule has 0 spiro atoms. The molecular weight excluding hydrogens is 382 g/mol. The van der Waals surface area contributed by atoms with Crippen molar-refractivity contribution in [2.45, 2.75) is 13.1 Å². The van der Waals surface area contributed by atoms with Crippen LogP contribution in [-0.4, -0.2) is 58.1 Å². The highest BCUT2D eigenvalue weighted by molar-refractivity contribution is 5.76. The summed E-state index contributed by atoms with van der Waals surface area (Å²) in [6, 6.07) is 15.7. The van der Waals surface area contributed by atoms with Gasteiger partial charge in [-0.05, 0) is 24.3 Å². The second-order valence-corrected chi connectivity index (χ2v) is 7.19. The Morgan fingerprint density at radius 2 is 1.77 bits per heavy atom. The number of hydrogen-bond acceptors (Lipinski definition) is 7. The molecule has 1 fully saturated rings. The van der Waals surface area contributed by atoms with Gasteiger partial charge in [-0.3, -0.25) is 4.90 Å². The highest BCUT2D eigenvalue weighted by Gasteiger charge is 2.19. The Morgan fingerprint density at radius 3 is 2.63 bits per heavy atom. The van der Waals surface area contributed by atoms with E-state index in [0.717, 1.165) is 55.3 Å². The molecule has 0 atom stereocenters. The molecule has 0 N–H and O–H groups in total. The summed E-state index contributed by atoms with van der Waals surface area (Å²) in [5, 5.41) is 8.53. The number of methoxy groups -OCH3 is 1. The summed E-state index contributed by atoms with van der Waals surface area (Å²) >= 11 is 0. The fourth-order valence-corrected chi connectivity index (χ4v) is 3.76. The van der Waals surface area contributed by atoms with Gasteiger partial charge in [-0.25, -0.2) is 4.98 Å². The zero-order valence-electron chi connectivity index (χ0n) is 16.8. The Balaban J connectivity index is 1.46. The first kappa shape index (κ1) is 18.8. The number of para-hydroxylation sites is 3. The maximum atomic E-state index is 5.99. The van der Waals surface area contributed by atoms with E-state index in [0.29, 0.717) is 24.1 Å². The molecule has 2 aromatic heterocycles. The monoisotopic (exact) mass is 405 g/mol. The van der Waals surface area contributed by atoms with Gasteiger partial charge in [0.1, 0.15) is 18.1 Å². The Labute approximate surface area is 174 Å². The van der Waals surface area contributed by atoms with Crippen molar-refractivity contribution in [2.75, 3.05) is 33.4 Å². The standard InChI is InChI=1S/C22H23N5O3/c1-28-19-9-5-2-6-16(19)22-25-24-21(30-22)15-27-18-8-4-3-7-17(18)23-20(27)14-26-10-12-29-13-11-26/h2-9H,10-15H2,1H3. The molecule has 2 aromatic carbocycles. The maximum absolute atomic E-state index is 5.99. The molecule has 0 radical (unpaired) electrons. The smallest absolute Gasteiger partial charge is 0.251 e. The minimum atomic E-state index is 0.446. The summed E-state index contributed by atoms with van der Waals surface area (Å²) in [6.07, 6.45) is 0. The largest absolute Gasteiger partial charge is 0.496 e. The Hall–Kier alpha value is -3.23. The van der Waals surface area contributed by atoms with Gasteiger partial charge >= 0.3 is 0 Å². The van der Waals surface area contributed by atoms with Crippen LogP contribution in [0.3, 0.4) is 0 Å².